The van der Waals surface area contributed by atoms with Crippen LogP contribution in [-0.4, -0.2) is 59.6 Å². The van der Waals surface area contributed by atoms with Crippen LogP contribution in [0.4, 0.5) is 13.6 Å². The fourth-order valence-corrected chi connectivity index (χ4v) is 3.52. The summed E-state index contributed by atoms with van der Waals surface area (Å²) in [6, 6.07) is 0.366. The highest BCUT2D eigenvalue weighted by Crippen LogP contribution is 2.35. The quantitative estimate of drug-likeness (QED) is 0.668. The Morgan fingerprint density at radius 2 is 2.06 bits per heavy atom. The molecule has 2 heterocycles. The minimum Gasteiger partial charge on any atom is -0.469 e. The third kappa shape index (κ3) is 4.81. The highest BCUT2D eigenvalue weighted by molar-refractivity contribution is 5.84. The van der Waals surface area contributed by atoms with E-state index in [1.165, 1.54) is 24.4 Å². The number of H-pyrrole nitrogens is 1. The Morgan fingerprint density at radius 3 is 2.74 bits per heavy atom. The summed E-state index contributed by atoms with van der Waals surface area (Å²) in [5, 5.41) is 2.54. The van der Waals surface area contributed by atoms with Crippen LogP contribution in [0.1, 0.15) is 35.8 Å². The lowest BCUT2D eigenvalue weighted by Gasteiger charge is -2.36. The van der Waals surface area contributed by atoms with Gasteiger partial charge in [0.15, 0.2) is 0 Å². The number of hydrogen-bond donors (Lipinski definition) is 2. The molecule has 2 N–H and O–H groups in total. The number of halogens is 2. The number of carbonyl (C=O) groups excluding carboxylic acids is 3. The number of nitrogens with zero attached hydrogens (tertiary/aromatic N) is 2. The predicted molar refractivity (Wildman–Crippen MR) is 103 cm³/mol. The van der Waals surface area contributed by atoms with Crippen molar-refractivity contribution in [2.45, 2.75) is 31.3 Å². The number of carbonyl (C=O) groups is 3. The molecule has 0 radical (unpaired) electrons. The summed E-state index contributed by atoms with van der Waals surface area (Å²) in [5.74, 6) is -2.86. The fourth-order valence-electron chi connectivity index (χ4n) is 3.52. The molecule has 0 bridgehead atoms. The Balaban J connectivity index is 1.88. The zero-order valence-corrected chi connectivity index (χ0v) is 17.0. The number of aromatic amines is 1. The summed E-state index contributed by atoms with van der Waals surface area (Å²) in [4.78, 5) is 45.1. The van der Waals surface area contributed by atoms with Gasteiger partial charge in [-0.05, 0) is 12.5 Å². The van der Waals surface area contributed by atoms with Gasteiger partial charge in [-0.1, -0.05) is 6.07 Å². The first-order chi connectivity index (χ1) is 14.8. The molecule has 0 saturated heterocycles. The van der Waals surface area contributed by atoms with Gasteiger partial charge in [0.05, 0.1) is 26.2 Å². The van der Waals surface area contributed by atoms with Crippen molar-refractivity contribution in [2.75, 3.05) is 20.8 Å². The molecule has 1 unspecified atom stereocenters. The summed E-state index contributed by atoms with van der Waals surface area (Å²) in [6.45, 7) is 0.188. The number of aromatic nitrogens is 2. The summed E-state index contributed by atoms with van der Waals surface area (Å²) >= 11 is 0. The number of benzene rings is 1. The van der Waals surface area contributed by atoms with Crippen LogP contribution in [-0.2, 0) is 25.5 Å². The Kier molecular flexibility index (Phi) is 6.83. The van der Waals surface area contributed by atoms with E-state index in [-0.39, 0.29) is 24.9 Å². The van der Waals surface area contributed by atoms with E-state index in [0.717, 1.165) is 24.9 Å². The molecule has 0 spiro atoms. The molecule has 0 saturated carbocycles. The average molecular weight is 436 g/mol. The Hall–Kier alpha value is -3.50. The number of imidazole rings is 1. The first-order valence-electron chi connectivity index (χ1n) is 9.54. The van der Waals surface area contributed by atoms with Gasteiger partial charge in [0.1, 0.15) is 23.7 Å². The second-order valence-electron chi connectivity index (χ2n) is 6.92. The highest BCUT2D eigenvalue weighted by Gasteiger charge is 2.37. The lowest BCUT2D eigenvalue weighted by atomic mass is 9.95. The van der Waals surface area contributed by atoms with E-state index in [2.05, 4.69) is 20.0 Å². The molecule has 0 fully saturated rings. The van der Waals surface area contributed by atoms with E-state index < -0.39 is 41.7 Å². The first kappa shape index (κ1) is 22.2. The van der Waals surface area contributed by atoms with Crippen molar-refractivity contribution in [2.24, 2.45) is 0 Å². The molecule has 3 rings (SSSR count). The van der Waals surface area contributed by atoms with Crippen LogP contribution in [0.3, 0.4) is 0 Å². The van der Waals surface area contributed by atoms with Crippen molar-refractivity contribution in [3.8, 4) is 0 Å². The zero-order valence-electron chi connectivity index (χ0n) is 17.0. The number of fused-ring (bicyclic) bond motifs is 1. The van der Waals surface area contributed by atoms with Crippen molar-refractivity contribution in [3.63, 3.8) is 0 Å². The number of methoxy groups -OCH3 is 2. The number of esters is 2. The number of nitrogens with one attached hydrogen (secondary N) is 2. The van der Waals surface area contributed by atoms with Gasteiger partial charge in [0, 0.05) is 36.7 Å². The maximum atomic E-state index is 14.6. The van der Waals surface area contributed by atoms with E-state index >= 15 is 0 Å². The van der Waals surface area contributed by atoms with E-state index in [4.69, 9.17) is 4.74 Å². The van der Waals surface area contributed by atoms with Gasteiger partial charge in [0.25, 0.3) is 0 Å². The maximum absolute atomic E-state index is 14.6. The molecule has 2 amide bonds. The molecular formula is C20H22F2N4O5. The Morgan fingerprint density at radius 1 is 1.29 bits per heavy atom. The van der Waals surface area contributed by atoms with Crippen LogP contribution in [0, 0.1) is 11.6 Å². The van der Waals surface area contributed by atoms with Crippen molar-refractivity contribution >= 4 is 18.0 Å². The van der Waals surface area contributed by atoms with Gasteiger partial charge in [-0.2, -0.15) is 0 Å². The number of hydrogen-bond acceptors (Lipinski definition) is 6. The summed E-state index contributed by atoms with van der Waals surface area (Å²) in [7, 11) is 2.37. The normalized spacial score (nSPS) is 16.3. The third-order valence-electron chi connectivity index (χ3n) is 5.09. The van der Waals surface area contributed by atoms with Crippen molar-refractivity contribution in [3.05, 3.63) is 53.1 Å². The zero-order chi connectivity index (χ0) is 22.5. The number of ether oxygens (including phenoxy) is 2. The van der Waals surface area contributed by atoms with Gasteiger partial charge >= 0.3 is 18.0 Å². The molecule has 166 valence electrons. The van der Waals surface area contributed by atoms with Crippen LogP contribution < -0.4 is 5.32 Å². The van der Waals surface area contributed by atoms with E-state index in [1.54, 1.807) is 0 Å². The largest absolute Gasteiger partial charge is 0.469 e. The Labute approximate surface area is 176 Å². The molecule has 1 aromatic heterocycles. The summed E-state index contributed by atoms with van der Waals surface area (Å²) in [6.07, 6.45) is 1.71. The van der Waals surface area contributed by atoms with Crippen LogP contribution >= 0.6 is 0 Å². The molecule has 1 aliphatic heterocycles. The monoisotopic (exact) mass is 436 g/mol. The van der Waals surface area contributed by atoms with Gasteiger partial charge < -0.3 is 24.7 Å². The molecule has 1 aliphatic rings. The minimum absolute atomic E-state index is 0.0395. The van der Waals surface area contributed by atoms with Crippen molar-refractivity contribution in [1.29, 1.82) is 0 Å². The molecule has 31 heavy (non-hydrogen) atoms. The molecule has 2 atom stereocenters. The molecule has 0 aliphatic carbocycles. The Bertz CT molecular complexity index is 980. The molecular weight excluding hydrogens is 414 g/mol. The molecule has 11 heteroatoms. The van der Waals surface area contributed by atoms with Gasteiger partial charge in [0.2, 0.25) is 0 Å². The highest BCUT2D eigenvalue weighted by atomic mass is 19.1. The van der Waals surface area contributed by atoms with E-state index in [0.29, 0.717) is 12.1 Å². The molecule has 1 aromatic carbocycles. The summed E-state index contributed by atoms with van der Waals surface area (Å²) < 4.78 is 37.3. The molecule has 9 nitrogen and oxygen atoms in total. The van der Waals surface area contributed by atoms with E-state index in [1.807, 2.05) is 0 Å². The second-order valence-corrected chi connectivity index (χ2v) is 6.92. The summed E-state index contributed by atoms with van der Waals surface area (Å²) in [5.41, 5.74) is 1.22. The van der Waals surface area contributed by atoms with Gasteiger partial charge in [-0.25, -0.2) is 23.4 Å². The number of rotatable bonds is 6. The SMILES string of the molecule is COC(=O)CC[C@H](NC(=O)N1CCc2[nH]cnc2C1c1ccc(F)cc1F)C(=O)OC. The minimum atomic E-state index is -1.11. The van der Waals surface area contributed by atoms with Gasteiger partial charge in [-0.3, -0.25) is 4.79 Å². The number of amides is 2. The van der Waals surface area contributed by atoms with Crippen LogP contribution in [0.15, 0.2) is 24.5 Å². The number of urea groups is 1. The van der Waals surface area contributed by atoms with Gasteiger partial charge in [-0.15, -0.1) is 0 Å². The molecule has 2 aromatic rings. The van der Waals surface area contributed by atoms with Crippen LogP contribution in [0.25, 0.3) is 0 Å². The predicted octanol–water partition coefficient (Wildman–Crippen LogP) is 1.84. The lowest BCUT2D eigenvalue weighted by Crippen LogP contribution is -2.51. The topological polar surface area (TPSA) is 114 Å². The standard InChI is InChI=1S/C20H22F2N4O5/c1-30-16(27)6-5-15(19(28)31-2)25-20(29)26-8-7-14-17(24-10-23-14)18(26)12-4-3-11(21)9-13(12)22/h3-4,9-10,15,18H,5-8H2,1-2H3,(H,23,24)(H,25,29)/t15-,18?/m0/s1. The lowest BCUT2D eigenvalue weighted by molar-refractivity contribution is -0.144. The average Bonchev–Trinajstić information content (AvgIpc) is 3.24. The maximum Gasteiger partial charge on any atom is 0.328 e. The first-order valence-corrected chi connectivity index (χ1v) is 9.54. The third-order valence-corrected chi connectivity index (χ3v) is 5.09. The van der Waals surface area contributed by atoms with E-state index in [9.17, 15) is 23.2 Å². The van der Waals surface area contributed by atoms with Crippen LogP contribution in [0.5, 0.6) is 0 Å². The second kappa shape index (κ2) is 9.54. The van der Waals surface area contributed by atoms with Crippen LogP contribution in [0.2, 0.25) is 0 Å². The smallest absolute Gasteiger partial charge is 0.328 e. The van der Waals surface area contributed by atoms with Crippen molar-refractivity contribution < 1.29 is 32.6 Å². The van der Waals surface area contributed by atoms with Crippen molar-refractivity contribution in [1.82, 2.24) is 20.2 Å². The fraction of sp³-hybridized carbons (Fsp3) is 0.400.